The van der Waals surface area contributed by atoms with Gasteiger partial charge in [0.1, 0.15) is 18.1 Å². The van der Waals surface area contributed by atoms with Gasteiger partial charge in [-0.1, -0.05) is 71.9 Å². The molecule has 0 aromatic heterocycles. The molecule has 4 amide bonds. The van der Waals surface area contributed by atoms with Crippen LogP contribution in [0.25, 0.3) is 0 Å². The van der Waals surface area contributed by atoms with E-state index in [-0.39, 0.29) is 29.2 Å². The molecular formula is C35H48F3N5O5S. The monoisotopic (exact) mass is 707 g/mol. The fraction of sp³-hybridized carbons (Fsp3) is 0.543. The Balaban J connectivity index is 1.89. The summed E-state index contributed by atoms with van der Waals surface area (Å²) in [5, 5.41) is 19.8. The normalized spacial score (nSPS) is 18.6. The fourth-order valence-corrected chi connectivity index (χ4v) is 6.53. The highest BCUT2D eigenvalue weighted by Gasteiger charge is 2.50. The number of carbonyl (C=O) groups is 4. The average Bonchev–Trinajstić information content (AvgIpc) is 3.33. The number of thioether (sulfide) groups is 1. The summed E-state index contributed by atoms with van der Waals surface area (Å²) in [5.74, 6) is -7.50. The number of nitrogens with one attached hydrogen (secondary N) is 3. The summed E-state index contributed by atoms with van der Waals surface area (Å²) in [6.07, 6.45) is -1.77. The average molecular weight is 708 g/mol. The molecule has 1 saturated heterocycles. The van der Waals surface area contributed by atoms with Crippen LogP contribution in [0.1, 0.15) is 72.6 Å². The summed E-state index contributed by atoms with van der Waals surface area (Å²) in [5.41, 5.74) is 5.13. The number of aliphatic hydroxyl groups excluding tert-OH is 1. The third-order valence-electron chi connectivity index (χ3n) is 8.19. The first-order chi connectivity index (χ1) is 22.5. The summed E-state index contributed by atoms with van der Waals surface area (Å²) in [6, 6.07) is 4.96. The van der Waals surface area contributed by atoms with Crippen molar-refractivity contribution in [2.45, 2.75) is 96.8 Å². The van der Waals surface area contributed by atoms with Gasteiger partial charge in [-0.05, 0) is 54.4 Å². The molecule has 0 spiro atoms. The molecule has 6 N–H and O–H groups in total. The molecule has 49 heavy (non-hydrogen) atoms. The van der Waals surface area contributed by atoms with Crippen molar-refractivity contribution >= 4 is 35.4 Å². The van der Waals surface area contributed by atoms with E-state index in [0.29, 0.717) is 24.2 Å². The van der Waals surface area contributed by atoms with Gasteiger partial charge >= 0.3 is 0 Å². The minimum Gasteiger partial charge on any atom is -0.381 e. The second-order valence-corrected chi connectivity index (χ2v) is 16.8. The smallest absolute Gasteiger partial charge is 0.254 e. The lowest BCUT2D eigenvalue weighted by Crippen LogP contribution is -2.62. The van der Waals surface area contributed by atoms with Crippen LogP contribution in [0.2, 0.25) is 0 Å². The Bertz CT molecular complexity index is 1510. The molecule has 1 aliphatic heterocycles. The molecule has 3 rings (SSSR count). The maximum absolute atomic E-state index is 14.0. The number of hydrogen-bond donors (Lipinski definition) is 5. The zero-order chi connectivity index (χ0) is 37.1. The molecule has 1 heterocycles. The van der Waals surface area contributed by atoms with Crippen LogP contribution in [0.5, 0.6) is 0 Å². The number of hydrogen-bond acceptors (Lipinski definition) is 7. The molecule has 2 aromatic carbocycles. The molecular weight excluding hydrogens is 659 g/mol. The molecule has 5 atom stereocenters. The number of benzene rings is 2. The molecule has 14 heteroatoms. The van der Waals surface area contributed by atoms with E-state index in [4.69, 9.17) is 5.73 Å². The first kappa shape index (κ1) is 39.8. The Kier molecular flexibility index (Phi) is 12.6. The number of carbonyl (C=O) groups excluding carboxylic acids is 4. The Morgan fingerprint density at radius 3 is 2.08 bits per heavy atom. The van der Waals surface area contributed by atoms with E-state index in [1.807, 2.05) is 34.6 Å². The van der Waals surface area contributed by atoms with Crippen LogP contribution in [0.3, 0.4) is 0 Å². The van der Waals surface area contributed by atoms with E-state index < -0.39 is 75.6 Å². The summed E-state index contributed by atoms with van der Waals surface area (Å²) >= 11 is 1.39. The SMILES string of the molecule is CC(C)(C)CNC(=O)[C@@H]1N(C(=O)[C@@H](O)[C@H](Cc2ccccc2)NC(=O)[C@@H](NC(=O)C(N)c2cc(F)c(F)c(F)c2)C(C)(C)C)CSC1(C)C. The van der Waals surface area contributed by atoms with Crippen molar-refractivity contribution in [2.24, 2.45) is 16.6 Å². The van der Waals surface area contributed by atoms with E-state index in [2.05, 4.69) is 16.0 Å². The predicted octanol–water partition coefficient (Wildman–Crippen LogP) is 3.57. The zero-order valence-corrected chi connectivity index (χ0v) is 30.0. The predicted molar refractivity (Wildman–Crippen MR) is 182 cm³/mol. The van der Waals surface area contributed by atoms with Crippen LogP contribution in [0, 0.1) is 28.3 Å². The Morgan fingerprint density at radius 2 is 1.55 bits per heavy atom. The van der Waals surface area contributed by atoms with Crippen molar-refractivity contribution in [3.8, 4) is 0 Å². The minimum atomic E-state index is -1.79. The van der Waals surface area contributed by atoms with Gasteiger partial charge in [0, 0.05) is 11.3 Å². The van der Waals surface area contributed by atoms with E-state index in [9.17, 15) is 37.5 Å². The lowest BCUT2D eigenvalue weighted by molar-refractivity contribution is -0.148. The maximum atomic E-state index is 14.0. The molecule has 1 unspecified atom stereocenters. The first-order valence-corrected chi connectivity index (χ1v) is 17.0. The van der Waals surface area contributed by atoms with Crippen molar-refractivity contribution in [3.63, 3.8) is 0 Å². The fourth-order valence-electron chi connectivity index (χ4n) is 5.39. The van der Waals surface area contributed by atoms with Gasteiger partial charge in [-0.15, -0.1) is 11.8 Å². The largest absolute Gasteiger partial charge is 0.381 e. The van der Waals surface area contributed by atoms with Crippen molar-refractivity contribution in [3.05, 3.63) is 71.0 Å². The molecule has 0 bridgehead atoms. The lowest BCUT2D eigenvalue weighted by atomic mass is 9.85. The maximum Gasteiger partial charge on any atom is 0.254 e. The Labute approximate surface area is 290 Å². The van der Waals surface area contributed by atoms with Crippen LogP contribution >= 0.6 is 11.8 Å². The minimum absolute atomic E-state index is 0.0171. The van der Waals surface area contributed by atoms with Gasteiger partial charge in [0.2, 0.25) is 17.7 Å². The van der Waals surface area contributed by atoms with Crippen LogP contribution in [-0.4, -0.2) is 75.0 Å². The number of amides is 4. The van der Waals surface area contributed by atoms with Crippen LogP contribution in [0.15, 0.2) is 42.5 Å². The molecule has 0 saturated carbocycles. The topological polar surface area (TPSA) is 154 Å². The standard InChI is InChI=1S/C35H48F3N5O5S/c1-33(2,3)17-40-31(47)28-35(7,8)49-18-43(28)32(48)26(44)23(14-19-12-10-9-11-13-19)41-30(46)27(34(4,5)6)42-29(45)25(39)20-15-21(36)24(38)22(37)16-20/h9-13,15-16,23,25-28,44H,14,17-18,39H2,1-8H3,(H,40,47)(H,41,46)(H,42,45)/t23-,25?,26-,27+,28-/m0/s1. The number of nitrogens with two attached hydrogens (primary N) is 1. The lowest BCUT2D eigenvalue weighted by Gasteiger charge is -2.35. The van der Waals surface area contributed by atoms with Crippen LogP contribution in [0.4, 0.5) is 13.2 Å². The molecule has 1 aliphatic rings. The summed E-state index contributed by atoms with van der Waals surface area (Å²) in [6.45, 7) is 14.9. The van der Waals surface area contributed by atoms with Gasteiger partial charge in [0.05, 0.1) is 11.9 Å². The second-order valence-electron chi connectivity index (χ2n) is 15.2. The van der Waals surface area contributed by atoms with Gasteiger partial charge < -0.3 is 31.7 Å². The second kappa shape index (κ2) is 15.5. The van der Waals surface area contributed by atoms with Gasteiger partial charge in [-0.2, -0.15) is 0 Å². The highest BCUT2D eigenvalue weighted by atomic mass is 32.2. The third-order valence-corrected chi connectivity index (χ3v) is 9.57. The van der Waals surface area contributed by atoms with E-state index in [1.54, 1.807) is 51.1 Å². The number of aliphatic hydroxyl groups is 1. The molecule has 2 aromatic rings. The van der Waals surface area contributed by atoms with E-state index in [1.165, 1.54) is 16.7 Å². The summed E-state index contributed by atoms with van der Waals surface area (Å²) in [4.78, 5) is 55.8. The summed E-state index contributed by atoms with van der Waals surface area (Å²) in [7, 11) is 0. The number of halogens is 3. The molecule has 0 aliphatic carbocycles. The van der Waals surface area contributed by atoms with Crippen molar-refractivity contribution in [1.29, 1.82) is 0 Å². The van der Waals surface area contributed by atoms with Gasteiger partial charge in [0.15, 0.2) is 23.6 Å². The Hall–Kier alpha value is -3.62. The van der Waals surface area contributed by atoms with Crippen molar-refractivity contribution < 1.29 is 37.5 Å². The molecule has 10 nitrogen and oxygen atoms in total. The quantitative estimate of drug-likeness (QED) is 0.224. The van der Waals surface area contributed by atoms with Gasteiger partial charge in [0.25, 0.3) is 5.91 Å². The van der Waals surface area contributed by atoms with Crippen molar-refractivity contribution in [2.75, 3.05) is 12.4 Å². The molecule has 270 valence electrons. The summed E-state index contributed by atoms with van der Waals surface area (Å²) < 4.78 is 40.6. The highest BCUT2D eigenvalue weighted by Crippen LogP contribution is 2.40. The van der Waals surface area contributed by atoms with E-state index >= 15 is 0 Å². The third kappa shape index (κ3) is 10.2. The van der Waals surface area contributed by atoms with Crippen LogP contribution in [-0.2, 0) is 25.6 Å². The van der Waals surface area contributed by atoms with Crippen LogP contribution < -0.4 is 21.7 Å². The molecule has 1 fully saturated rings. The number of nitrogens with zero attached hydrogens (tertiary/aromatic N) is 1. The van der Waals surface area contributed by atoms with E-state index in [0.717, 1.165) is 0 Å². The zero-order valence-electron chi connectivity index (χ0n) is 29.2. The Morgan fingerprint density at radius 1 is 0.980 bits per heavy atom. The highest BCUT2D eigenvalue weighted by molar-refractivity contribution is 8.00. The van der Waals surface area contributed by atoms with Crippen molar-refractivity contribution in [1.82, 2.24) is 20.9 Å². The van der Waals surface area contributed by atoms with Gasteiger partial charge in [-0.25, -0.2) is 13.2 Å². The van der Waals surface area contributed by atoms with Gasteiger partial charge in [-0.3, -0.25) is 19.2 Å². The molecule has 0 radical (unpaired) electrons. The first-order valence-electron chi connectivity index (χ1n) is 16.0. The number of rotatable bonds is 11.